The summed E-state index contributed by atoms with van der Waals surface area (Å²) in [6.07, 6.45) is 6.11. The number of halogens is 1. The molecule has 4 aliphatic heterocycles. The number of likely N-dealkylation sites (tertiary alicyclic amines) is 1. The Morgan fingerprint density at radius 1 is 1.00 bits per heavy atom. The highest BCUT2D eigenvalue weighted by Gasteiger charge is 2.75. The van der Waals surface area contributed by atoms with Crippen LogP contribution >= 0.6 is 15.9 Å². The fourth-order valence-electron chi connectivity index (χ4n) is 7.95. The highest BCUT2D eigenvalue weighted by Crippen LogP contribution is 2.59. The summed E-state index contributed by atoms with van der Waals surface area (Å²) in [6, 6.07) is 13.2. The largest absolute Gasteiger partial charge is 0.455 e. The fraction of sp³-hybridized carbons (Fsp3) is 0.487. The predicted octanol–water partition coefficient (Wildman–Crippen LogP) is 4.44. The van der Waals surface area contributed by atoms with Gasteiger partial charge < -0.3 is 34.4 Å². The molecule has 1 spiro atoms. The van der Waals surface area contributed by atoms with Crippen LogP contribution < -0.4 is 10.2 Å². The second-order valence-corrected chi connectivity index (χ2v) is 14.7. The standard InChI is InChI=1S/C39H46BrN3O8/c1-24-16-17-25(2)29(21-24)42-18-10-5-9-15-30(45)41-28(23-49-3)33(26-13-7-4-8-14-26)50-38(48)31-32-36(46)43(19-11-6-12-20-44)35(37(42)47)39(32)22-27(40)34(31)51-39/h4-5,7-8,10,13-14,16-17,21-22,28,31-35,44H,6,9,11-12,15,18-20,23H2,1-3H3,(H,41,45)/b10-5-/t28-,31+,32-,33-,34+,35+,39-/m1/s1. The van der Waals surface area contributed by atoms with Crippen LogP contribution in [0.4, 0.5) is 5.69 Å². The van der Waals surface area contributed by atoms with Crippen LogP contribution in [0.3, 0.4) is 0 Å². The molecule has 2 N–H and O–H groups in total. The van der Waals surface area contributed by atoms with Gasteiger partial charge in [-0.3, -0.25) is 19.2 Å². The molecule has 51 heavy (non-hydrogen) atoms. The Kier molecular flexibility index (Phi) is 11.5. The number of methoxy groups -OCH3 is 1. The molecule has 11 nitrogen and oxygen atoms in total. The highest BCUT2D eigenvalue weighted by atomic mass is 79.9. The number of carbonyl (C=O) groups is 4. The Labute approximate surface area is 307 Å². The number of aryl methyl sites for hydroxylation is 2. The van der Waals surface area contributed by atoms with E-state index in [1.165, 1.54) is 7.11 Å². The van der Waals surface area contributed by atoms with E-state index in [9.17, 15) is 19.5 Å². The van der Waals surface area contributed by atoms with Crippen LogP contribution in [-0.2, 0) is 33.4 Å². The Bertz CT molecular complexity index is 1700. The third-order valence-corrected chi connectivity index (χ3v) is 11.0. The van der Waals surface area contributed by atoms with E-state index in [0.717, 1.165) is 11.1 Å². The Balaban J connectivity index is 1.48. The van der Waals surface area contributed by atoms with Crippen LogP contribution in [0.15, 0.2) is 71.2 Å². The summed E-state index contributed by atoms with van der Waals surface area (Å²) in [6.45, 7) is 4.43. The van der Waals surface area contributed by atoms with E-state index in [2.05, 4.69) is 21.2 Å². The number of cyclic esters (lactones) is 1. The first-order chi connectivity index (χ1) is 24.6. The summed E-state index contributed by atoms with van der Waals surface area (Å²) < 4.78 is 19.1. The summed E-state index contributed by atoms with van der Waals surface area (Å²) in [7, 11) is 1.52. The quantitative estimate of drug-likeness (QED) is 0.218. The number of allylic oxidation sites excluding steroid dienone is 1. The zero-order valence-electron chi connectivity index (χ0n) is 29.3. The molecule has 2 saturated heterocycles. The molecule has 0 aromatic heterocycles. The maximum absolute atomic E-state index is 15.2. The molecule has 7 atom stereocenters. The molecule has 2 fully saturated rings. The number of hydrogen-bond acceptors (Lipinski definition) is 8. The zero-order chi connectivity index (χ0) is 36.3. The molecular weight excluding hydrogens is 718 g/mol. The van der Waals surface area contributed by atoms with Gasteiger partial charge in [0.25, 0.3) is 5.91 Å². The van der Waals surface area contributed by atoms with Crippen molar-refractivity contribution in [2.24, 2.45) is 11.8 Å². The van der Waals surface area contributed by atoms with Crippen LogP contribution in [0.5, 0.6) is 0 Å². The molecule has 2 aromatic rings. The first kappa shape index (κ1) is 36.9. The van der Waals surface area contributed by atoms with Gasteiger partial charge >= 0.3 is 5.97 Å². The van der Waals surface area contributed by atoms with Gasteiger partial charge in [-0.1, -0.05) is 70.5 Å². The second-order valence-electron chi connectivity index (χ2n) is 13.8. The van der Waals surface area contributed by atoms with Crippen LogP contribution in [0.25, 0.3) is 0 Å². The van der Waals surface area contributed by atoms with Crippen molar-refractivity contribution in [3.8, 4) is 0 Å². The molecule has 6 rings (SSSR count). The molecule has 4 aliphatic rings. The number of amides is 3. The molecule has 0 radical (unpaired) electrons. The first-order valence-electron chi connectivity index (χ1n) is 17.7. The molecular formula is C39H46BrN3O8. The number of esters is 1. The number of nitrogens with zero attached hydrogens (tertiary/aromatic N) is 2. The van der Waals surface area contributed by atoms with E-state index in [1.54, 1.807) is 15.9 Å². The van der Waals surface area contributed by atoms with Crippen molar-refractivity contribution < 1.29 is 38.5 Å². The number of benzene rings is 2. The molecule has 0 saturated carbocycles. The zero-order valence-corrected chi connectivity index (χ0v) is 30.8. The van der Waals surface area contributed by atoms with Crippen molar-refractivity contribution in [3.05, 3.63) is 87.9 Å². The number of hydrogen-bond donors (Lipinski definition) is 2. The summed E-state index contributed by atoms with van der Waals surface area (Å²) in [5.41, 5.74) is 1.77. The molecule has 12 heteroatoms. The highest BCUT2D eigenvalue weighted by molar-refractivity contribution is 9.11. The molecule has 0 aliphatic carbocycles. The lowest BCUT2D eigenvalue weighted by molar-refractivity contribution is -0.162. The Morgan fingerprint density at radius 2 is 1.78 bits per heavy atom. The van der Waals surface area contributed by atoms with Crippen molar-refractivity contribution >= 4 is 45.3 Å². The normalized spacial score (nSPS) is 30.3. The molecule has 272 valence electrons. The number of fused-ring (bicyclic) bond motifs is 2. The smallest absolute Gasteiger partial charge is 0.313 e. The number of anilines is 1. The van der Waals surface area contributed by atoms with Gasteiger partial charge in [-0.15, -0.1) is 0 Å². The summed E-state index contributed by atoms with van der Waals surface area (Å²) in [4.78, 5) is 60.9. The lowest BCUT2D eigenvalue weighted by Crippen LogP contribution is -2.56. The van der Waals surface area contributed by atoms with E-state index in [-0.39, 0.29) is 50.4 Å². The summed E-state index contributed by atoms with van der Waals surface area (Å²) in [5, 5.41) is 12.5. The minimum absolute atomic E-state index is 0.0249. The summed E-state index contributed by atoms with van der Waals surface area (Å²) >= 11 is 3.63. The maximum Gasteiger partial charge on any atom is 0.313 e. The third-order valence-electron chi connectivity index (χ3n) is 10.3. The van der Waals surface area contributed by atoms with Gasteiger partial charge in [0.15, 0.2) is 0 Å². The van der Waals surface area contributed by atoms with E-state index in [0.29, 0.717) is 41.4 Å². The number of nitrogens with one attached hydrogen (secondary N) is 1. The van der Waals surface area contributed by atoms with Crippen LogP contribution in [-0.4, -0.2) is 90.9 Å². The van der Waals surface area contributed by atoms with Gasteiger partial charge in [0.05, 0.1) is 18.6 Å². The Morgan fingerprint density at radius 3 is 2.53 bits per heavy atom. The van der Waals surface area contributed by atoms with Gasteiger partial charge in [0, 0.05) is 43.4 Å². The SMILES string of the molecule is COC[C@H]1NC(=O)CC/C=C\CN(c2cc(C)ccc2C)C(=O)[C@@H]2N(CCCCCO)C(=O)[C@H]3[C@H](C(=O)O[C@@H]1c1ccccc1)[C@H]1O[C@@]23C=C1Br. The van der Waals surface area contributed by atoms with E-state index in [4.69, 9.17) is 14.2 Å². The molecule has 0 unspecified atom stereocenters. The van der Waals surface area contributed by atoms with Crippen molar-refractivity contribution in [1.82, 2.24) is 10.2 Å². The van der Waals surface area contributed by atoms with E-state index < -0.39 is 47.7 Å². The number of aliphatic hydroxyl groups excluding tert-OH is 1. The minimum atomic E-state index is -1.44. The van der Waals surface area contributed by atoms with Gasteiger partial charge in [-0.25, -0.2) is 0 Å². The van der Waals surface area contributed by atoms with E-state index in [1.807, 2.05) is 74.5 Å². The maximum atomic E-state index is 15.2. The van der Waals surface area contributed by atoms with E-state index >= 15 is 4.79 Å². The number of carbonyl (C=O) groups excluding carboxylic acids is 4. The average Bonchev–Trinajstić information content (AvgIpc) is 3.71. The Hall–Kier alpha value is -3.84. The van der Waals surface area contributed by atoms with Crippen LogP contribution in [0.2, 0.25) is 0 Å². The van der Waals surface area contributed by atoms with Gasteiger partial charge in [0.1, 0.15) is 29.8 Å². The number of aliphatic hydroxyl groups is 1. The number of unbranched alkanes of at least 4 members (excludes halogenated alkanes) is 2. The number of rotatable bonds is 9. The van der Waals surface area contributed by atoms with Crippen molar-refractivity contribution in [2.45, 2.75) is 75.8 Å². The minimum Gasteiger partial charge on any atom is -0.455 e. The molecule has 4 heterocycles. The monoisotopic (exact) mass is 763 g/mol. The van der Waals surface area contributed by atoms with Crippen molar-refractivity contribution in [1.29, 1.82) is 0 Å². The van der Waals surface area contributed by atoms with Crippen LogP contribution in [0, 0.1) is 25.7 Å². The van der Waals surface area contributed by atoms with Gasteiger partial charge in [0.2, 0.25) is 11.8 Å². The van der Waals surface area contributed by atoms with Gasteiger partial charge in [-0.2, -0.15) is 0 Å². The average molecular weight is 765 g/mol. The van der Waals surface area contributed by atoms with Crippen LogP contribution in [0.1, 0.15) is 54.9 Å². The lowest BCUT2D eigenvalue weighted by Gasteiger charge is -2.36. The predicted molar refractivity (Wildman–Crippen MR) is 194 cm³/mol. The van der Waals surface area contributed by atoms with Gasteiger partial charge in [-0.05, 0) is 68.4 Å². The molecule has 3 amide bonds. The second kappa shape index (κ2) is 15.8. The fourth-order valence-corrected chi connectivity index (χ4v) is 8.68. The van der Waals surface area contributed by atoms with Crippen molar-refractivity contribution in [2.75, 3.05) is 38.3 Å². The third kappa shape index (κ3) is 7.16. The molecule has 2 aromatic carbocycles. The van der Waals surface area contributed by atoms with Crippen molar-refractivity contribution in [3.63, 3.8) is 0 Å². The molecule has 5 bridgehead atoms. The first-order valence-corrected chi connectivity index (χ1v) is 18.4. The topological polar surface area (TPSA) is 135 Å². The number of ether oxygens (including phenoxy) is 3. The summed E-state index contributed by atoms with van der Waals surface area (Å²) in [5.74, 6) is -3.69. The lowest BCUT2D eigenvalue weighted by atomic mass is 9.74.